The summed E-state index contributed by atoms with van der Waals surface area (Å²) in [6.45, 7) is 1.69. The van der Waals surface area contributed by atoms with Gasteiger partial charge in [-0.25, -0.2) is 10.4 Å². The third-order valence-corrected chi connectivity index (χ3v) is 7.35. The molecule has 11 heteroatoms. The number of carbonyl (C=O) groups is 2. The molecular formula is C32H27ClN4O5S. The molecule has 5 rings (SSSR count). The summed E-state index contributed by atoms with van der Waals surface area (Å²) in [6.07, 6.45) is 1.56. The van der Waals surface area contributed by atoms with Crippen LogP contribution in [-0.2, 0) is 10.5 Å². The number of rotatable bonds is 11. The summed E-state index contributed by atoms with van der Waals surface area (Å²) in [4.78, 5) is 29.4. The van der Waals surface area contributed by atoms with E-state index in [9.17, 15) is 9.59 Å². The van der Waals surface area contributed by atoms with E-state index in [1.165, 1.54) is 11.8 Å². The van der Waals surface area contributed by atoms with Crippen molar-refractivity contribution in [1.82, 2.24) is 10.4 Å². The fraction of sp³-hybridized carbons (Fsp3) is 0.125. The Morgan fingerprint density at radius 1 is 1.02 bits per heavy atom. The van der Waals surface area contributed by atoms with Crippen LogP contribution < -0.4 is 20.2 Å². The molecule has 0 aliphatic heterocycles. The van der Waals surface area contributed by atoms with Crippen LogP contribution in [0.25, 0.3) is 11.1 Å². The van der Waals surface area contributed by atoms with Gasteiger partial charge in [-0.3, -0.25) is 9.59 Å². The van der Waals surface area contributed by atoms with Crippen molar-refractivity contribution in [2.75, 3.05) is 19.0 Å². The van der Waals surface area contributed by atoms with E-state index in [4.69, 9.17) is 25.5 Å². The van der Waals surface area contributed by atoms with Gasteiger partial charge in [-0.2, -0.15) is 5.10 Å². The summed E-state index contributed by atoms with van der Waals surface area (Å²) in [7, 11) is 1.61. The van der Waals surface area contributed by atoms with E-state index in [0.29, 0.717) is 33.0 Å². The zero-order chi connectivity index (χ0) is 30.2. The summed E-state index contributed by atoms with van der Waals surface area (Å²) < 4.78 is 16.9. The van der Waals surface area contributed by atoms with Gasteiger partial charge >= 0.3 is 0 Å². The molecule has 0 radical (unpaired) electrons. The Hall–Kier alpha value is -4.80. The highest BCUT2D eigenvalue weighted by molar-refractivity contribution is 7.98. The molecule has 2 N–H and O–H groups in total. The standard InChI is InChI=1S/C32H27ClN4O5S/c1-20-15-24(33)10-14-27(20)41-18-30(38)35-25-11-8-22(9-12-25)31(39)37-34-17-21-7-13-28(40-2)23(16-21)19-43-32-36-26-5-3-4-6-29(26)42-32/h3-17H,18-19H2,1-2H3,(H,35,38)(H,37,39). The number of fused-ring (bicyclic) bond motifs is 1. The maximum atomic E-state index is 12.6. The summed E-state index contributed by atoms with van der Waals surface area (Å²) in [6, 6.07) is 24.9. The maximum Gasteiger partial charge on any atom is 0.271 e. The van der Waals surface area contributed by atoms with E-state index in [0.717, 1.165) is 33.5 Å². The fourth-order valence-corrected chi connectivity index (χ4v) is 5.14. The van der Waals surface area contributed by atoms with Crippen LogP contribution in [0.4, 0.5) is 5.69 Å². The molecule has 0 fully saturated rings. The second-order valence-corrected chi connectivity index (χ2v) is 10.7. The van der Waals surface area contributed by atoms with Gasteiger partial charge in [-0.15, -0.1) is 0 Å². The number of nitrogens with one attached hydrogen (secondary N) is 2. The monoisotopic (exact) mass is 614 g/mol. The summed E-state index contributed by atoms with van der Waals surface area (Å²) in [5.74, 6) is 1.15. The predicted molar refractivity (Wildman–Crippen MR) is 168 cm³/mol. The number of nitrogens with zero attached hydrogens (tertiary/aromatic N) is 2. The van der Waals surface area contributed by atoms with Gasteiger partial charge in [-0.1, -0.05) is 35.5 Å². The Morgan fingerprint density at radius 3 is 2.58 bits per heavy atom. The molecule has 0 aliphatic rings. The number of aromatic nitrogens is 1. The highest BCUT2D eigenvalue weighted by Gasteiger charge is 2.11. The van der Waals surface area contributed by atoms with E-state index < -0.39 is 5.91 Å². The zero-order valence-corrected chi connectivity index (χ0v) is 24.9. The van der Waals surface area contributed by atoms with Crippen molar-refractivity contribution in [3.63, 3.8) is 0 Å². The molecule has 9 nitrogen and oxygen atoms in total. The Kier molecular flexibility index (Phi) is 9.60. The molecule has 218 valence electrons. The molecule has 0 aliphatic carbocycles. The van der Waals surface area contributed by atoms with Crippen LogP contribution in [-0.4, -0.2) is 36.7 Å². The number of hydrogen-bond acceptors (Lipinski definition) is 8. The van der Waals surface area contributed by atoms with Crippen LogP contribution in [0.5, 0.6) is 11.5 Å². The molecule has 0 atom stereocenters. The first-order valence-electron chi connectivity index (χ1n) is 13.2. The lowest BCUT2D eigenvalue weighted by molar-refractivity contribution is -0.118. The smallest absolute Gasteiger partial charge is 0.271 e. The van der Waals surface area contributed by atoms with Gasteiger partial charge in [-0.05, 0) is 90.8 Å². The number of oxazole rings is 1. The topological polar surface area (TPSA) is 115 Å². The second kappa shape index (κ2) is 13.9. The molecule has 43 heavy (non-hydrogen) atoms. The molecule has 0 spiro atoms. The number of thioether (sulfide) groups is 1. The van der Waals surface area contributed by atoms with E-state index in [1.807, 2.05) is 49.4 Å². The minimum Gasteiger partial charge on any atom is -0.496 e. The van der Waals surface area contributed by atoms with Crippen molar-refractivity contribution in [3.05, 3.63) is 112 Å². The van der Waals surface area contributed by atoms with Gasteiger partial charge in [0.05, 0.1) is 13.3 Å². The number of hydrogen-bond donors (Lipinski definition) is 2. The van der Waals surface area contributed by atoms with E-state index in [1.54, 1.807) is 55.8 Å². The largest absolute Gasteiger partial charge is 0.496 e. The van der Waals surface area contributed by atoms with E-state index in [-0.39, 0.29) is 12.5 Å². The average molecular weight is 615 g/mol. The first-order valence-corrected chi connectivity index (χ1v) is 14.5. The quantitative estimate of drug-likeness (QED) is 0.0947. The molecule has 1 aromatic heterocycles. The predicted octanol–water partition coefficient (Wildman–Crippen LogP) is 6.87. The average Bonchev–Trinajstić information content (AvgIpc) is 3.43. The fourth-order valence-electron chi connectivity index (χ4n) is 4.09. The number of ether oxygens (including phenoxy) is 2. The first kappa shape index (κ1) is 29.7. The van der Waals surface area contributed by atoms with E-state index in [2.05, 4.69) is 20.8 Å². The number of para-hydroxylation sites is 2. The van der Waals surface area contributed by atoms with Crippen molar-refractivity contribution in [1.29, 1.82) is 0 Å². The molecule has 0 unspecified atom stereocenters. The Morgan fingerprint density at radius 2 is 1.81 bits per heavy atom. The van der Waals surface area contributed by atoms with E-state index >= 15 is 0 Å². The van der Waals surface area contributed by atoms with Crippen molar-refractivity contribution in [2.24, 2.45) is 5.10 Å². The third kappa shape index (κ3) is 7.94. The highest BCUT2D eigenvalue weighted by atomic mass is 35.5. The number of anilines is 1. The number of methoxy groups -OCH3 is 1. The molecular weight excluding hydrogens is 588 g/mol. The number of hydrazone groups is 1. The van der Waals surface area contributed by atoms with Crippen LogP contribution in [0.1, 0.15) is 27.0 Å². The number of aryl methyl sites for hydroxylation is 1. The van der Waals surface area contributed by atoms with Crippen molar-refractivity contribution in [3.8, 4) is 11.5 Å². The van der Waals surface area contributed by atoms with Crippen LogP contribution >= 0.6 is 23.4 Å². The lowest BCUT2D eigenvalue weighted by atomic mass is 10.1. The number of carbonyl (C=O) groups excluding carboxylic acids is 2. The van der Waals surface area contributed by atoms with Crippen LogP contribution in [0.2, 0.25) is 5.02 Å². The number of halogens is 1. The second-order valence-electron chi connectivity index (χ2n) is 9.33. The van der Waals surface area contributed by atoms with Gasteiger partial charge in [0.25, 0.3) is 17.0 Å². The molecule has 0 saturated heterocycles. The van der Waals surface area contributed by atoms with Crippen molar-refractivity contribution >= 4 is 58.2 Å². The first-order chi connectivity index (χ1) is 20.9. The normalized spacial score (nSPS) is 11.0. The maximum absolute atomic E-state index is 12.6. The van der Waals surface area contributed by atoms with Crippen LogP contribution in [0.3, 0.4) is 0 Å². The highest BCUT2D eigenvalue weighted by Crippen LogP contribution is 2.30. The summed E-state index contributed by atoms with van der Waals surface area (Å²) in [5.41, 5.74) is 7.53. The Bertz CT molecular complexity index is 1760. The Labute approximate surface area is 257 Å². The summed E-state index contributed by atoms with van der Waals surface area (Å²) >= 11 is 7.41. The molecule has 0 bridgehead atoms. The molecule has 2 amide bonds. The lowest BCUT2D eigenvalue weighted by Gasteiger charge is -2.10. The molecule has 0 saturated carbocycles. The van der Waals surface area contributed by atoms with Gasteiger partial charge < -0.3 is 19.2 Å². The molecule has 4 aromatic carbocycles. The van der Waals surface area contributed by atoms with Gasteiger partial charge in [0, 0.05) is 27.6 Å². The van der Waals surface area contributed by atoms with Gasteiger partial charge in [0.15, 0.2) is 12.2 Å². The van der Waals surface area contributed by atoms with Crippen LogP contribution in [0.15, 0.2) is 99.7 Å². The third-order valence-electron chi connectivity index (χ3n) is 6.24. The SMILES string of the molecule is COc1ccc(C=NNC(=O)c2ccc(NC(=O)COc3ccc(Cl)cc3C)cc2)cc1CSc1nc2ccccc2o1. The molecule has 5 aromatic rings. The number of benzene rings is 4. The number of amides is 2. The Balaban J connectivity index is 1.13. The van der Waals surface area contributed by atoms with Crippen LogP contribution in [0, 0.1) is 6.92 Å². The van der Waals surface area contributed by atoms with Crippen molar-refractivity contribution in [2.45, 2.75) is 17.9 Å². The zero-order valence-electron chi connectivity index (χ0n) is 23.3. The lowest BCUT2D eigenvalue weighted by Crippen LogP contribution is -2.21. The summed E-state index contributed by atoms with van der Waals surface area (Å²) in [5, 5.41) is 8.01. The molecule has 1 heterocycles. The minimum atomic E-state index is -0.393. The minimum absolute atomic E-state index is 0.165. The van der Waals surface area contributed by atoms with Gasteiger partial charge in [0.1, 0.15) is 17.0 Å². The van der Waals surface area contributed by atoms with Gasteiger partial charge in [0.2, 0.25) is 0 Å². The van der Waals surface area contributed by atoms with Crippen molar-refractivity contribution < 1.29 is 23.5 Å².